The van der Waals surface area contributed by atoms with E-state index in [4.69, 9.17) is 5.73 Å². The maximum atomic E-state index is 12.6. The smallest absolute Gasteiger partial charge is 0.244 e. The molecule has 0 saturated carbocycles. The molecule has 1 aromatic rings. The number of carbonyl (C=O) groups is 1. The number of hydrogen-bond acceptors (Lipinski definition) is 4. The van der Waals surface area contributed by atoms with Crippen molar-refractivity contribution >= 4 is 15.9 Å². The summed E-state index contributed by atoms with van der Waals surface area (Å²) in [7, 11) is -2.05. The van der Waals surface area contributed by atoms with Crippen LogP contribution in [0.5, 0.6) is 0 Å². The third-order valence-corrected chi connectivity index (χ3v) is 5.56. The van der Waals surface area contributed by atoms with E-state index < -0.39 is 27.9 Å². The number of sulfonamides is 1. The second-order valence-corrected chi connectivity index (χ2v) is 6.95. The Morgan fingerprint density at radius 2 is 2.00 bits per heavy atom. The Morgan fingerprint density at radius 1 is 1.38 bits per heavy atom. The number of allylic oxidation sites excluding steroid dienone is 1. The van der Waals surface area contributed by atoms with Crippen molar-refractivity contribution in [3.63, 3.8) is 0 Å². The van der Waals surface area contributed by atoms with E-state index in [2.05, 4.69) is 9.82 Å². The Morgan fingerprint density at radius 3 is 2.52 bits per heavy atom. The second-order valence-electron chi connectivity index (χ2n) is 5.30. The van der Waals surface area contributed by atoms with Crippen LogP contribution in [0.1, 0.15) is 24.2 Å². The largest absolute Gasteiger partial charge is 0.369 e. The quantitative estimate of drug-likeness (QED) is 0.771. The molecule has 2 unspecified atom stereocenters. The van der Waals surface area contributed by atoms with Crippen LogP contribution in [-0.2, 0) is 21.9 Å². The third-order valence-electron chi connectivity index (χ3n) is 3.82. The molecule has 0 aromatic carbocycles. The van der Waals surface area contributed by atoms with Gasteiger partial charge in [0.1, 0.15) is 4.90 Å². The minimum absolute atomic E-state index is 0.169. The Kier molecular flexibility index (Phi) is 4.20. The minimum atomic E-state index is -3.74. The van der Waals surface area contributed by atoms with Crippen LogP contribution in [0, 0.1) is 19.8 Å². The number of primary amides is 1. The molecule has 116 valence electrons. The van der Waals surface area contributed by atoms with E-state index in [-0.39, 0.29) is 4.90 Å². The van der Waals surface area contributed by atoms with Crippen LogP contribution in [0.15, 0.2) is 17.0 Å². The zero-order valence-corrected chi connectivity index (χ0v) is 13.1. The van der Waals surface area contributed by atoms with Gasteiger partial charge in [-0.3, -0.25) is 9.48 Å². The van der Waals surface area contributed by atoms with Crippen molar-refractivity contribution in [1.29, 1.82) is 0 Å². The van der Waals surface area contributed by atoms with Gasteiger partial charge in [-0.2, -0.15) is 5.10 Å². The molecule has 0 bridgehead atoms. The van der Waals surface area contributed by atoms with Crippen molar-refractivity contribution in [3.05, 3.63) is 23.5 Å². The van der Waals surface area contributed by atoms with Crippen LogP contribution >= 0.6 is 0 Å². The van der Waals surface area contributed by atoms with E-state index >= 15 is 0 Å². The van der Waals surface area contributed by atoms with Gasteiger partial charge in [0, 0.05) is 13.1 Å². The number of carbonyl (C=O) groups excluding carboxylic acids is 1. The molecule has 0 saturated heterocycles. The van der Waals surface area contributed by atoms with Gasteiger partial charge in [-0.1, -0.05) is 12.2 Å². The zero-order valence-electron chi connectivity index (χ0n) is 12.3. The van der Waals surface area contributed by atoms with E-state index in [0.29, 0.717) is 24.2 Å². The molecule has 7 nitrogen and oxygen atoms in total. The maximum absolute atomic E-state index is 12.6. The van der Waals surface area contributed by atoms with E-state index in [9.17, 15) is 13.2 Å². The summed E-state index contributed by atoms with van der Waals surface area (Å²) < 4.78 is 29.3. The van der Waals surface area contributed by atoms with Crippen molar-refractivity contribution in [2.75, 3.05) is 0 Å². The molecule has 1 aromatic heterocycles. The monoisotopic (exact) mass is 312 g/mol. The summed E-state index contributed by atoms with van der Waals surface area (Å²) in [5.41, 5.74) is 6.35. The van der Waals surface area contributed by atoms with Gasteiger partial charge in [-0.15, -0.1) is 0 Å². The van der Waals surface area contributed by atoms with Crippen molar-refractivity contribution in [3.8, 4) is 0 Å². The molecule has 3 N–H and O–H groups in total. The number of rotatable bonds is 4. The van der Waals surface area contributed by atoms with Crippen molar-refractivity contribution in [2.24, 2.45) is 18.7 Å². The molecule has 1 aliphatic carbocycles. The summed E-state index contributed by atoms with van der Waals surface area (Å²) in [4.78, 5) is 11.6. The Hall–Kier alpha value is -1.67. The molecule has 1 aliphatic rings. The summed E-state index contributed by atoms with van der Waals surface area (Å²) in [5, 5.41) is 4.12. The standard InChI is InChI=1S/C13H20N4O3S/c1-8-12(9(2)17(3)15-8)21(19,20)16-11-7-5-4-6-10(11)13(14)18/h4-5,10-11,16H,6-7H2,1-3H3,(H2,14,18). The summed E-state index contributed by atoms with van der Waals surface area (Å²) in [6.45, 7) is 3.34. The highest BCUT2D eigenvalue weighted by molar-refractivity contribution is 7.89. The molecule has 21 heavy (non-hydrogen) atoms. The van der Waals surface area contributed by atoms with Gasteiger partial charge in [0.15, 0.2) is 0 Å². The van der Waals surface area contributed by atoms with Crippen LogP contribution < -0.4 is 10.5 Å². The summed E-state index contributed by atoms with van der Waals surface area (Å²) in [6.07, 6.45) is 4.61. The average molecular weight is 312 g/mol. The number of hydrogen-bond donors (Lipinski definition) is 2. The summed E-state index contributed by atoms with van der Waals surface area (Å²) in [5.74, 6) is -1.02. The highest BCUT2D eigenvalue weighted by atomic mass is 32.2. The number of aryl methyl sites for hydroxylation is 2. The van der Waals surface area contributed by atoms with Crippen LogP contribution in [0.2, 0.25) is 0 Å². The van der Waals surface area contributed by atoms with Crippen LogP contribution in [0.25, 0.3) is 0 Å². The molecule has 8 heteroatoms. The lowest BCUT2D eigenvalue weighted by Crippen LogP contribution is -2.46. The van der Waals surface area contributed by atoms with Crippen LogP contribution in [-0.4, -0.2) is 30.1 Å². The molecule has 0 radical (unpaired) electrons. The van der Waals surface area contributed by atoms with Gasteiger partial charge in [0.25, 0.3) is 0 Å². The highest BCUT2D eigenvalue weighted by Crippen LogP contribution is 2.23. The van der Waals surface area contributed by atoms with Gasteiger partial charge in [-0.05, 0) is 26.7 Å². The zero-order chi connectivity index (χ0) is 15.8. The lowest BCUT2D eigenvalue weighted by molar-refractivity contribution is -0.122. The molecule has 1 amide bonds. The minimum Gasteiger partial charge on any atom is -0.369 e. The number of nitrogens with one attached hydrogen (secondary N) is 1. The first-order chi connectivity index (χ1) is 9.74. The topological polar surface area (TPSA) is 107 Å². The lowest BCUT2D eigenvalue weighted by atomic mass is 9.89. The number of amides is 1. The molecule has 0 aliphatic heterocycles. The third kappa shape index (κ3) is 3.01. The molecular weight excluding hydrogens is 292 g/mol. The van der Waals surface area contributed by atoms with E-state index in [1.807, 2.05) is 12.2 Å². The molecule has 2 atom stereocenters. The van der Waals surface area contributed by atoms with E-state index in [1.54, 1.807) is 20.9 Å². The molecule has 2 rings (SSSR count). The van der Waals surface area contributed by atoms with Gasteiger partial charge in [0.2, 0.25) is 15.9 Å². The first kappa shape index (κ1) is 15.7. The predicted molar refractivity (Wildman–Crippen MR) is 77.8 cm³/mol. The fourth-order valence-corrected chi connectivity index (χ4v) is 4.39. The lowest BCUT2D eigenvalue weighted by Gasteiger charge is -2.26. The predicted octanol–water partition coefficient (Wildman–Crippen LogP) is 0.135. The SMILES string of the molecule is Cc1nn(C)c(C)c1S(=O)(=O)NC1CC=CCC1C(N)=O. The maximum Gasteiger partial charge on any atom is 0.244 e. The average Bonchev–Trinajstić information content (AvgIpc) is 2.63. The fraction of sp³-hybridized carbons (Fsp3) is 0.538. The Bertz CT molecular complexity index is 691. The van der Waals surface area contributed by atoms with Gasteiger partial charge >= 0.3 is 0 Å². The van der Waals surface area contributed by atoms with Crippen LogP contribution in [0.4, 0.5) is 0 Å². The first-order valence-electron chi connectivity index (χ1n) is 6.71. The van der Waals surface area contributed by atoms with E-state index in [0.717, 1.165) is 0 Å². The number of nitrogens with two attached hydrogens (primary N) is 1. The van der Waals surface area contributed by atoms with Crippen molar-refractivity contribution in [1.82, 2.24) is 14.5 Å². The van der Waals surface area contributed by atoms with Crippen LogP contribution in [0.3, 0.4) is 0 Å². The Balaban J connectivity index is 2.33. The first-order valence-corrected chi connectivity index (χ1v) is 8.19. The summed E-state index contributed by atoms with van der Waals surface area (Å²) in [6, 6.07) is -0.517. The number of nitrogens with zero attached hydrogens (tertiary/aromatic N) is 2. The normalized spacial score (nSPS) is 22.4. The number of aromatic nitrogens is 2. The Labute approximate surface area is 124 Å². The second kappa shape index (κ2) is 5.61. The molecular formula is C13H20N4O3S. The van der Waals surface area contributed by atoms with Gasteiger partial charge < -0.3 is 5.73 Å². The van der Waals surface area contributed by atoms with Crippen molar-refractivity contribution < 1.29 is 13.2 Å². The highest BCUT2D eigenvalue weighted by Gasteiger charge is 2.33. The molecule has 0 spiro atoms. The fourth-order valence-electron chi connectivity index (χ4n) is 2.66. The van der Waals surface area contributed by atoms with Gasteiger partial charge in [0.05, 0.1) is 17.3 Å². The van der Waals surface area contributed by atoms with Gasteiger partial charge in [-0.25, -0.2) is 13.1 Å². The van der Waals surface area contributed by atoms with E-state index in [1.165, 1.54) is 4.68 Å². The molecule has 0 fully saturated rings. The summed E-state index contributed by atoms with van der Waals surface area (Å²) >= 11 is 0. The molecule has 1 heterocycles. The van der Waals surface area contributed by atoms with Crippen molar-refractivity contribution in [2.45, 2.75) is 37.6 Å².